The van der Waals surface area contributed by atoms with Crippen molar-refractivity contribution in [1.82, 2.24) is 0 Å². The van der Waals surface area contributed by atoms with Gasteiger partial charge in [0, 0.05) is 12.5 Å². The first-order valence-electron chi connectivity index (χ1n) is 16.0. The molecule has 3 aromatic carbocycles. The van der Waals surface area contributed by atoms with Crippen molar-refractivity contribution in [2.24, 2.45) is 0 Å². The summed E-state index contributed by atoms with van der Waals surface area (Å²) in [5.74, 6) is -1.62. The first-order valence-corrected chi connectivity index (χ1v) is 16.0. The van der Waals surface area contributed by atoms with Gasteiger partial charge in [-0.15, -0.1) is 0 Å². The van der Waals surface area contributed by atoms with Crippen LogP contribution in [0.5, 0.6) is 17.2 Å². The van der Waals surface area contributed by atoms with E-state index in [-0.39, 0.29) is 48.9 Å². The van der Waals surface area contributed by atoms with E-state index in [1.165, 1.54) is 55.6 Å². The summed E-state index contributed by atoms with van der Waals surface area (Å²) in [7, 11) is 1.53. The molecule has 0 N–H and O–H groups in total. The predicted octanol–water partition coefficient (Wildman–Crippen LogP) is 4.66. The van der Waals surface area contributed by atoms with E-state index in [2.05, 4.69) is 6.58 Å². The Kier molecular flexibility index (Phi) is 12.3. The molecule has 3 aromatic rings. The van der Waals surface area contributed by atoms with E-state index >= 15 is 0 Å². The van der Waals surface area contributed by atoms with Gasteiger partial charge in [0.2, 0.25) is 0 Å². The van der Waals surface area contributed by atoms with Crippen LogP contribution in [-0.2, 0) is 33.3 Å². The van der Waals surface area contributed by atoms with E-state index < -0.39 is 54.3 Å². The first-order chi connectivity index (χ1) is 24.2. The highest BCUT2D eigenvalue weighted by molar-refractivity contribution is 5.92. The lowest BCUT2D eigenvalue weighted by Gasteiger charge is -2.17. The molecule has 2 fully saturated rings. The second kappa shape index (κ2) is 17.2. The largest absolute Gasteiger partial charge is 0.497 e. The second-order valence-electron chi connectivity index (χ2n) is 11.3. The quantitative estimate of drug-likeness (QED) is 0.0714. The van der Waals surface area contributed by atoms with Crippen molar-refractivity contribution in [3.8, 4) is 17.2 Å². The van der Waals surface area contributed by atoms with E-state index in [0.717, 1.165) is 6.08 Å². The van der Waals surface area contributed by atoms with Gasteiger partial charge >= 0.3 is 29.8 Å². The minimum Gasteiger partial charge on any atom is -0.497 e. The molecule has 0 aromatic heterocycles. The molecule has 0 amide bonds. The van der Waals surface area contributed by atoms with Crippen LogP contribution >= 0.6 is 0 Å². The molecular weight excluding hydrogens is 652 g/mol. The van der Waals surface area contributed by atoms with Crippen molar-refractivity contribution in [3.05, 3.63) is 102 Å². The van der Waals surface area contributed by atoms with Crippen LogP contribution in [0.25, 0.3) is 0 Å². The smallest absolute Gasteiger partial charge is 0.343 e. The lowest BCUT2D eigenvalue weighted by Crippen LogP contribution is -2.36. The summed E-state index contributed by atoms with van der Waals surface area (Å²) in [6.07, 6.45) is 0.602. The Morgan fingerprint density at radius 1 is 0.660 bits per heavy atom. The molecule has 2 heterocycles. The lowest BCUT2D eigenvalue weighted by atomic mass is 10.1. The number of unbranched alkanes of at least 4 members (excludes halogenated alkanes) is 2. The lowest BCUT2D eigenvalue weighted by molar-refractivity contribution is -0.138. The molecule has 0 spiro atoms. The Hall–Kier alpha value is -5.53. The summed E-state index contributed by atoms with van der Waals surface area (Å²) < 4.78 is 43.5. The Bertz CT molecular complexity index is 1660. The van der Waals surface area contributed by atoms with Crippen molar-refractivity contribution in [2.45, 2.75) is 50.1 Å². The summed E-state index contributed by atoms with van der Waals surface area (Å²) in [6.45, 7) is 3.75. The standard InChI is InChI=1S/C37H36O13/c1-3-31(38)44-20-6-4-5-7-32(39)47-27-16-10-23(11-17-27)35(40)48-28-18-12-25(13-19-28)37(42)50-30-22-46-33-29(21-45-34(30)33)49-36(41)24-8-14-26(43-2)15-9-24/h3,8-19,29-30,33-34H,1,4-7,20-22H2,2H3/t29-,30-,33-,34-/m1/s1. The Morgan fingerprint density at radius 2 is 1.14 bits per heavy atom. The topological polar surface area (TPSA) is 159 Å². The van der Waals surface area contributed by atoms with Crippen LogP contribution in [0.2, 0.25) is 0 Å². The molecule has 50 heavy (non-hydrogen) atoms. The maximum Gasteiger partial charge on any atom is 0.343 e. The van der Waals surface area contributed by atoms with Gasteiger partial charge in [0.1, 0.15) is 29.5 Å². The number of esters is 5. The van der Waals surface area contributed by atoms with Gasteiger partial charge in [0.05, 0.1) is 43.6 Å². The van der Waals surface area contributed by atoms with Crippen molar-refractivity contribution in [3.63, 3.8) is 0 Å². The number of hydrogen-bond acceptors (Lipinski definition) is 13. The molecule has 2 aliphatic heterocycles. The van der Waals surface area contributed by atoms with E-state index in [1.54, 1.807) is 24.3 Å². The molecule has 2 aliphatic rings. The number of hydrogen-bond donors (Lipinski definition) is 0. The van der Waals surface area contributed by atoms with Crippen LogP contribution in [0.3, 0.4) is 0 Å². The van der Waals surface area contributed by atoms with Gasteiger partial charge in [-0.25, -0.2) is 19.2 Å². The average Bonchev–Trinajstić information content (AvgIpc) is 3.72. The zero-order valence-electron chi connectivity index (χ0n) is 27.3. The zero-order valence-corrected chi connectivity index (χ0v) is 27.3. The Labute approximate surface area is 287 Å². The normalized spacial score (nSPS) is 19.1. The fourth-order valence-electron chi connectivity index (χ4n) is 5.22. The average molecular weight is 689 g/mol. The van der Waals surface area contributed by atoms with Crippen LogP contribution in [0.4, 0.5) is 0 Å². The van der Waals surface area contributed by atoms with Crippen LogP contribution in [0.1, 0.15) is 56.8 Å². The molecule has 13 nitrogen and oxygen atoms in total. The number of carbonyl (C=O) groups is 5. The van der Waals surface area contributed by atoms with Crippen molar-refractivity contribution >= 4 is 29.8 Å². The van der Waals surface area contributed by atoms with Gasteiger partial charge in [-0.2, -0.15) is 0 Å². The number of methoxy groups -OCH3 is 1. The Balaban J connectivity index is 1.03. The molecule has 0 aliphatic carbocycles. The fourth-order valence-corrected chi connectivity index (χ4v) is 5.22. The molecule has 2 saturated heterocycles. The molecule has 262 valence electrons. The van der Waals surface area contributed by atoms with Crippen molar-refractivity contribution in [2.75, 3.05) is 26.9 Å². The highest BCUT2D eigenvalue weighted by Gasteiger charge is 2.51. The number of fused-ring (bicyclic) bond motifs is 1. The summed E-state index contributed by atoms with van der Waals surface area (Å²) in [6, 6.07) is 18.3. The maximum atomic E-state index is 12.9. The SMILES string of the molecule is C=CC(=O)OCCCCCC(=O)Oc1ccc(C(=O)Oc2ccc(C(=O)O[C@@H]3CO[C@H]4[C@@H]3OC[C@H]4OC(=O)c3ccc(OC)cc3)cc2)cc1. The number of carbonyl (C=O) groups excluding carboxylic acids is 5. The van der Waals surface area contributed by atoms with Crippen LogP contribution < -0.4 is 14.2 Å². The monoisotopic (exact) mass is 688 g/mol. The van der Waals surface area contributed by atoms with E-state index in [0.29, 0.717) is 30.6 Å². The van der Waals surface area contributed by atoms with Gasteiger partial charge in [0.15, 0.2) is 12.2 Å². The molecule has 0 saturated carbocycles. The summed E-state index contributed by atoms with van der Waals surface area (Å²) >= 11 is 0. The predicted molar refractivity (Wildman–Crippen MR) is 174 cm³/mol. The van der Waals surface area contributed by atoms with E-state index in [4.69, 9.17) is 37.9 Å². The molecule has 0 radical (unpaired) electrons. The molecule has 4 atom stereocenters. The van der Waals surface area contributed by atoms with Crippen molar-refractivity contribution < 1.29 is 61.9 Å². The molecule has 5 rings (SSSR count). The van der Waals surface area contributed by atoms with Crippen molar-refractivity contribution in [1.29, 1.82) is 0 Å². The molecular formula is C37H36O13. The first kappa shape index (κ1) is 35.8. The summed E-state index contributed by atoms with van der Waals surface area (Å²) in [5.41, 5.74) is 0.797. The number of benzene rings is 3. The van der Waals surface area contributed by atoms with Gasteiger partial charge in [-0.1, -0.05) is 6.58 Å². The Morgan fingerprint density at radius 3 is 1.64 bits per heavy atom. The third-order valence-corrected chi connectivity index (χ3v) is 7.86. The summed E-state index contributed by atoms with van der Waals surface area (Å²) in [5, 5.41) is 0. The molecule has 0 bridgehead atoms. The third-order valence-electron chi connectivity index (χ3n) is 7.86. The second-order valence-corrected chi connectivity index (χ2v) is 11.3. The van der Waals surface area contributed by atoms with E-state index in [1.807, 2.05) is 0 Å². The van der Waals surface area contributed by atoms with Crippen LogP contribution in [0.15, 0.2) is 85.5 Å². The van der Waals surface area contributed by atoms with Gasteiger partial charge < -0.3 is 37.9 Å². The van der Waals surface area contributed by atoms with E-state index in [9.17, 15) is 24.0 Å². The van der Waals surface area contributed by atoms with Crippen LogP contribution in [-0.4, -0.2) is 81.2 Å². The van der Waals surface area contributed by atoms with Gasteiger partial charge in [-0.3, -0.25) is 4.79 Å². The number of ether oxygens (including phenoxy) is 8. The fraction of sp³-hybridized carbons (Fsp3) is 0.324. The van der Waals surface area contributed by atoms with Gasteiger partial charge in [0.25, 0.3) is 0 Å². The minimum atomic E-state index is -0.711. The maximum absolute atomic E-state index is 12.9. The minimum absolute atomic E-state index is 0.0714. The highest BCUT2D eigenvalue weighted by atomic mass is 16.7. The van der Waals surface area contributed by atoms with Gasteiger partial charge in [-0.05, 0) is 92.1 Å². The molecule has 13 heteroatoms. The van der Waals surface area contributed by atoms with Crippen LogP contribution in [0, 0.1) is 0 Å². The summed E-state index contributed by atoms with van der Waals surface area (Å²) in [4.78, 5) is 61.3. The number of rotatable bonds is 15. The third kappa shape index (κ3) is 9.55. The molecule has 0 unspecified atom stereocenters. The zero-order chi connectivity index (χ0) is 35.5. The highest BCUT2D eigenvalue weighted by Crippen LogP contribution is 2.32.